The van der Waals surface area contributed by atoms with E-state index < -0.39 is 0 Å². The topological polar surface area (TPSA) is 89.6 Å². The summed E-state index contributed by atoms with van der Waals surface area (Å²) in [6.07, 6.45) is 0. The maximum atomic E-state index is 11.7. The third-order valence-electron chi connectivity index (χ3n) is 2.76. The summed E-state index contributed by atoms with van der Waals surface area (Å²) in [6, 6.07) is 5.67. The molecule has 3 rings (SSSR count). The van der Waals surface area contributed by atoms with Gasteiger partial charge in [-0.05, 0) is 43.8 Å². The van der Waals surface area contributed by atoms with Crippen LogP contribution in [0.15, 0.2) is 32.5 Å². The number of nitrogens with two attached hydrogens (primary N) is 1. The molecule has 0 atom stereocenters. The lowest BCUT2D eigenvalue weighted by molar-refractivity contribution is 0.534. The van der Waals surface area contributed by atoms with E-state index in [1.165, 1.54) is 23.1 Å². The number of H-pyrrole nitrogens is 1. The normalized spacial score (nSPS) is 11.6. The van der Waals surface area contributed by atoms with E-state index in [1.54, 1.807) is 4.57 Å². The van der Waals surface area contributed by atoms with Crippen LogP contribution in [-0.4, -0.2) is 19.7 Å². The second kappa shape index (κ2) is 4.95. The van der Waals surface area contributed by atoms with Crippen LogP contribution in [0.3, 0.4) is 0 Å². The molecule has 0 unspecified atom stereocenters. The number of aromatic nitrogens is 4. The molecule has 0 fully saturated rings. The Bertz CT molecular complexity index is 817. The third kappa shape index (κ3) is 2.32. The Morgan fingerprint density at radius 2 is 2.25 bits per heavy atom. The molecule has 8 heteroatoms. The summed E-state index contributed by atoms with van der Waals surface area (Å²) in [5.41, 5.74) is 7.18. The number of benzene rings is 1. The molecule has 0 saturated carbocycles. The van der Waals surface area contributed by atoms with Gasteiger partial charge < -0.3 is 5.73 Å². The molecule has 0 amide bonds. The molecule has 2 aromatic heterocycles. The molecular formula is C12H13N5OS2. The quantitative estimate of drug-likeness (QED) is 0.726. The van der Waals surface area contributed by atoms with Crippen molar-refractivity contribution in [2.75, 3.05) is 5.73 Å². The van der Waals surface area contributed by atoms with Gasteiger partial charge in [0.2, 0.25) is 0 Å². The Kier molecular flexibility index (Phi) is 3.27. The summed E-state index contributed by atoms with van der Waals surface area (Å²) in [5.74, 6) is 0. The molecule has 6 nitrogen and oxygen atoms in total. The summed E-state index contributed by atoms with van der Waals surface area (Å²) in [5, 5.41) is 7.15. The number of hydrogen-bond acceptors (Lipinski definition) is 6. The van der Waals surface area contributed by atoms with Crippen LogP contribution in [0.2, 0.25) is 0 Å². The van der Waals surface area contributed by atoms with Gasteiger partial charge in [-0.25, -0.2) is 14.9 Å². The van der Waals surface area contributed by atoms with E-state index in [-0.39, 0.29) is 11.7 Å². The molecule has 0 spiro atoms. The first-order valence-electron chi connectivity index (χ1n) is 6.05. The predicted octanol–water partition coefficient (Wildman–Crippen LogP) is 2.50. The van der Waals surface area contributed by atoms with Gasteiger partial charge in [0.15, 0.2) is 9.50 Å². The smallest absolute Gasteiger partial charge is 0.344 e. The van der Waals surface area contributed by atoms with Gasteiger partial charge in [-0.15, -0.1) is 16.4 Å². The van der Waals surface area contributed by atoms with Crippen LogP contribution in [0, 0.1) is 0 Å². The first-order valence-corrected chi connectivity index (χ1v) is 7.68. The number of hydrogen-bond donors (Lipinski definition) is 2. The lowest BCUT2D eigenvalue weighted by atomic mass is 10.3. The number of thiazole rings is 1. The molecule has 104 valence electrons. The summed E-state index contributed by atoms with van der Waals surface area (Å²) in [4.78, 5) is 16.2. The highest BCUT2D eigenvalue weighted by Crippen LogP contribution is 2.34. The molecule has 20 heavy (non-hydrogen) atoms. The lowest BCUT2D eigenvalue weighted by Gasteiger charge is -2.06. The molecule has 2 heterocycles. The van der Waals surface area contributed by atoms with Crippen LogP contribution >= 0.6 is 23.1 Å². The van der Waals surface area contributed by atoms with E-state index in [0.717, 1.165) is 20.2 Å². The highest BCUT2D eigenvalue weighted by molar-refractivity contribution is 8.01. The summed E-state index contributed by atoms with van der Waals surface area (Å²) in [7, 11) is 0. The fraction of sp³-hybridized carbons (Fsp3) is 0.250. The van der Waals surface area contributed by atoms with Crippen LogP contribution < -0.4 is 11.4 Å². The van der Waals surface area contributed by atoms with Crippen LogP contribution in [-0.2, 0) is 0 Å². The first-order chi connectivity index (χ1) is 9.54. The first kappa shape index (κ1) is 13.2. The number of fused-ring (bicyclic) bond motifs is 1. The van der Waals surface area contributed by atoms with E-state index in [2.05, 4.69) is 15.2 Å². The second-order valence-corrected chi connectivity index (χ2v) is 6.83. The number of anilines is 1. The zero-order chi connectivity index (χ0) is 14.3. The van der Waals surface area contributed by atoms with Crippen LogP contribution in [0.25, 0.3) is 10.2 Å². The molecule has 1 aromatic carbocycles. The summed E-state index contributed by atoms with van der Waals surface area (Å²) < 4.78 is 3.48. The number of nitrogens with one attached hydrogen (secondary N) is 1. The van der Waals surface area contributed by atoms with Crippen molar-refractivity contribution in [1.82, 2.24) is 19.7 Å². The summed E-state index contributed by atoms with van der Waals surface area (Å²) >= 11 is 2.92. The number of rotatable bonds is 3. The third-order valence-corrected chi connectivity index (χ3v) is 4.81. The van der Waals surface area contributed by atoms with Gasteiger partial charge in [0.1, 0.15) is 0 Å². The molecule has 0 saturated heterocycles. The number of aromatic amines is 1. The minimum absolute atomic E-state index is 0.0498. The Hall–Kier alpha value is -1.80. The van der Waals surface area contributed by atoms with Crippen LogP contribution in [0.1, 0.15) is 19.9 Å². The average Bonchev–Trinajstić information content (AvgIpc) is 2.92. The highest BCUT2D eigenvalue weighted by Gasteiger charge is 2.15. The molecule has 0 aliphatic rings. The van der Waals surface area contributed by atoms with Gasteiger partial charge in [0.25, 0.3) is 0 Å². The lowest BCUT2D eigenvalue weighted by Crippen LogP contribution is -2.19. The zero-order valence-corrected chi connectivity index (χ0v) is 12.6. The number of nitrogen functional groups attached to an aromatic ring is 1. The van der Waals surface area contributed by atoms with E-state index in [0.29, 0.717) is 5.16 Å². The molecule has 0 bridgehead atoms. The van der Waals surface area contributed by atoms with Gasteiger partial charge in [0, 0.05) is 11.7 Å². The molecule has 3 aromatic rings. The maximum absolute atomic E-state index is 11.7. The maximum Gasteiger partial charge on any atom is 0.344 e. The Balaban J connectivity index is 1.99. The molecule has 3 N–H and O–H groups in total. The van der Waals surface area contributed by atoms with Crippen molar-refractivity contribution >= 4 is 39.0 Å². The van der Waals surface area contributed by atoms with Crippen molar-refractivity contribution in [3.63, 3.8) is 0 Å². The van der Waals surface area contributed by atoms with Crippen molar-refractivity contribution in [3.8, 4) is 0 Å². The Labute approximate surface area is 123 Å². The van der Waals surface area contributed by atoms with Gasteiger partial charge in [-0.1, -0.05) is 0 Å². The average molecular weight is 307 g/mol. The van der Waals surface area contributed by atoms with E-state index in [4.69, 9.17) is 5.73 Å². The fourth-order valence-corrected chi connectivity index (χ4v) is 4.05. The fourth-order valence-electron chi connectivity index (χ4n) is 1.86. The zero-order valence-electron chi connectivity index (χ0n) is 11.0. The molecule has 0 aliphatic carbocycles. The minimum Gasteiger partial charge on any atom is -0.399 e. The second-order valence-electron chi connectivity index (χ2n) is 4.58. The highest BCUT2D eigenvalue weighted by atomic mass is 32.2. The largest absolute Gasteiger partial charge is 0.399 e. The monoisotopic (exact) mass is 307 g/mol. The van der Waals surface area contributed by atoms with Gasteiger partial charge in [-0.2, -0.15) is 0 Å². The van der Waals surface area contributed by atoms with Gasteiger partial charge in [-0.3, -0.25) is 4.57 Å². The molecule has 0 aliphatic heterocycles. The predicted molar refractivity (Wildman–Crippen MR) is 81.4 cm³/mol. The Morgan fingerprint density at radius 1 is 1.45 bits per heavy atom. The van der Waals surface area contributed by atoms with Crippen LogP contribution in [0.5, 0.6) is 0 Å². The van der Waals surface area contributed by atoms with E-state index in [1.807, 2.05) is 32.0 Å². The van der Waals surface area contributed by atoms with Crippen molar-refractivity contribution in [2.24, 2.45) is 0 Å². The standard InChI is InChI=1S/C12H13N5OS2/c1-6(2)17-10(18)15-16-11(17)20-12-14-8-4-3-7(13)5-9(8)19-12/h3-6H,13H2,1-2H3,(H,15,18). The van der Waals surface area contributed by atoms with Crippen molar-refractivity contribution in [3.05, 3.63) is 28.7 Å². The van der Waals surface area contributed by atoms with Crippen LogP contribution in [0.4, 0.5) is 5.69 Å². The van der Waals surface area contributed by atoms with Gasteiger partial charge in [0.05, 0.1) is 10.2 Å². The van der Waals surface area contributed by atoms with E-state index >= 15 is 0 Å². The molecular weight excluding hydrogens is 294 g/mol. The van der Waals surface area contributed by atoms with E-state index in [9.17, 15) is 4.79 Å². The van der Waals surface area contributed by atoms with Crippen molar-refractivity contribution < 1.29 is 0 Å². The SMILES string of the molecule is CC(C)n1c(Sc2nc3ccc(N)cc3s2)n[nH]c1=O. The van der Waals surface area contributed by atoms with Crippen molar-refractivity contribution in [1.29, 1.82) is 0 Å². The van der Waals surface area contributed by atoms with Crippen molar-refractivity contribution in [2.45, 2.75) is 29.4 Å². The molecule has 0 radical (unpaired) electrons. The minimum atomic E-state index is -0.201. The Morgan fingerprint density at radius 3 is 3.00 bits per heavy atom. The van der Waals surface area contributed by atoms with Gasteiger partial charge >= 0.3 is 5.69 Å². The number of nitrogens with zero attached hydrogens (tertiary/aromatic N) is 3. The summed E-state index contributed by atoms with van der Waals surface area (Å²) in [6.45, 7) is 3.89.